The number of carbonyl (C=O) groups excluding carboxylic acids is 2. The van der Waals surface area contributed by atoms with Gasteiger partial charge < -0.3 is 14.6 Å². The van der Waals surface area contributed by atoms with Crippen LogP contribution < -0.4 is 0 Å². The molecular formula is C22H32O4. The van der Waals surface area contributed by atoms with E-state index in [0.717, 1.165) is 38.5 Å². The van der Waals surface area contributed by atoms with Gasteiger partial charge in [0.1, 0.15) is 12.4 Å². The Bertz CT molecular complexity index is 640. The van der Waals surface area contributed by atoms with Crippen molar-refractivity contribution in [3.63, 3.8) is 0 Å². The van der Waals surface area contributed by atoms with Crippen molar-refractivity contribution in [2.24, 2.45) is 34.5 Å². The van der Waals surface area contributed by atoms with Gasteiger partial charge in [0, 0.05) is 12.3 Å². The summed E-state index contributed by atoms with van der Waals surface area (Å²) in [5.74, 6) is 1.44. The molecule has 3 saturated carbocycles. The van der Waals surface area contributed by atoms with Gasteiger partial charge in [-0.15, -0.1) is 0 Å². The summed E-state index contributed by atoms with van der Waals surface area (Å²) in [6, 6.07) is 0. The summed E-state index contributed by atoms with van der Waals surface area (Å²) in [4.78, 5) is 24.0. The van der Waals surface area contributed by atoms with Crippen LogP contribution in [0.2, 0.25) is 0 Å². The van der Waals surface area contributed by atoms with Gasteiger partial charge in [-0.05, 0) is 68.6 Å². The zero-order chi connectivity index (χ0) is 18.7. The number of aliphatic hydroxyl groups is 1. The molecule has 144 valence electrons. The Morgan fingerprint density at radius 3 is 2.73 bits per heavy atom. The highest BCUT2D eigenvalue weighted by atomic mass is 16.5. The third-order valence-corrected chi connectivity index (χ3v) is 8.57. The number of ether oxygens (including phenoxy) is 1. The molecule has 0 aliphatic heterocycles. The van der Waals surface area contributed by atoms with Crippen LogP contribution in [-0.4, -0.2) is 29.6 Å². The standard InChI is InChI=1S/C22H32O4/c1-13-10-16(25)11-15-4-5-17-18-6-7-20(26-14(2)24)21(18,3)9-8-19(17)22(13,15)12-23/h11-13,16-20,25H,4-10H2,1-3H3/t13-,16-,17-,18-,19-,20-,21-,22-/m0/s1. The second-order valence-electron chi connectivity index (χ2n) is 9.58. The minimum absolute atomic E-state index is 0.0284. The third-order valence-electron chi connectivity index (χ3n) is 8.57. The van der Waals surface area contributed by atoms with Crippen molar-refractivity contribution in [3.8, 4) is 0 Å². The summed E-state index contributed by atoms with van der Waals surface area (Å²) >= 11 is 0. The highest BCUT2D eigenvalue weighted by molar-refractivity contribution is 5.68. The lowest BCUT2D eigenvalue weighted by molar-refractivity contribution is -0.158. The van der Waals surface area contributed by atoms with Crippen molar-refractivity contribution in [2.45, 2.75) is 77.9 Å². The summed E-state index contributed by atoms with van der Waals surface area (Å²) < 4.78 is 5.70. The molecule has 0 amide bonds. The molecule has 0 aromatic rings. The van der Waals surface area contributed by atoms with Gasteiger partial charge in [0.2, 0.25) is 0 Å². The van der Waals surface area contributed by atoms with E-state index in [4.69, 9.17) is 4.74 Å². The summed E-state index contributed by atoms with van der Waals surface area (Å²) in [7, 11) is 0. The Labute approximate surface area is 156 Å². The monoisotopic (exact) mass is 360 g/mol. The van der Waals surface area contributed by atoms with E-state index < -0.39 is 6.10 Å². The van der Waals surface area contributed by atoms with Crippen LogP contribution in [0, 0.1) is 34.5 Å². The lowest BCUT2D eigenvalue weighted by atomic mass is 9.45. The average molecular weight is 360 g/mol. The van der Waals surface area contributed by atoms with Gasteiger partial charge in [0.25, 0.3) is 0 Å². The predicted molar refractivity (Wildman–Crippen MR) is 98.2 cm³/mol. The number of aliphatic hydroxyl groups excluding tert-OH is 1. The molecule has 4 nitrogen and oxygen atoms in total. The first kappa shape index (κ1) is 18.2. The summed E-state index contributed by atoms with van der Waals surface area (Å²) in [5, 5.41) is 10.2. The second-order valence-corrected chi connectivity index (χ2v) is 9.58. The fraction of sp³-hybridized carbons (Fsp3) is 0.818. The maximum absolute atomic E-state index is 12.5. The smallest absolute Gasteiger partial charge is 0.302 e. The molecule has 0 heterocycles. The van der Waals surface area contributed by atoms with E-state index in [0.29, 0.717) is 24.2 Å². The first-order valence-corrected chi connectivity index (χ1v) is 10.4. The van der Waals surface area contributed by atoms with Gasteiger partial charge in [-0.1, -0.05) is 25.5 Å². The number of aldehydes is 1. The molecule has 26 heavy (non-hydrogen) atoms. The Morgan fingerprint density at radius 1 is 1.27 bits per heavy atom. The van der Waals surface area contributed by atoms with Gasteiger partial charge in [-0.2, -0.15) is 0 Å². The van der Waals surface area contributed by atoms with Crippen LogP contribution in [0.1, 0.15) is 65.7 Å². The predicted octanol–water partition coefficient (Wildman–Crippen LogP) is 3.67. The summed E-state index contributed by atoms with van der Waals surface area (Å²) in [6.07, 6.45) is 9.63. The van der Waals surface area contributed by atoms with E-state index >= 15 is 0 Å². The molecule has 1 N–H and O–H groups in total. The number of esters is 1. The SMILES string of the molecule is CC(=O)O[C@H]1CC[C@H]2[C@@H]3CCC4=C[C@@H](O)C[C@H](C)[C@]4(C=O)[C@H]3CC[C@]12C. The van der Waals surface area contributed by atoms with E-state index in [2.05, 4.69) is 13.8 Å². The minimum Gasteiger partial charge on any atom is -0.462 e. The number of hydrogen-bond acceptors (Lipinski definition) is 4. The van der Waals surface area contributed by atoms with E-state index in [1.807, 2.05) is 6.08 Å². The van der Waals surface area contributed by atoms with Crippen LogP contribution in [0.3, 0.4) is 0 Å². The molecule has 4 aliphatic carbocycles. The van der Waals surface area contributed by atoms with E-state index in [1.165, 1.54) is 18.8 Å². The molecule has 3 fully saturated rings. The van der Waals surface area contributed by atoms with E-state index in [9.17, 15) is 14.7 Å². The van der Waals surface area contributed by atoms with Crippen molar-refractivity contribution < 1.29 is 19.4 Å². The van der Waals surface area contributed by atoms with Crippen LogP contribution in [0.5, 0.6) is 0 Å². The Kier molecular flexibility index (Phi) is 4.33. The van der Waals surface area contributed by atoms with E-state index in [-0.39, 0.29) is 28.8 Å². The second kappa shape index (κ2) is 6.19. The molecule has 0 aromatic heterocycles. The highest BCUT2D eigenvalue weighted by Gasteiger charge is 2.62. The third kappa shape index (κ3) is 2.37. The summed E-state index contributed by atoms with van der Waals surface area (Å²) in [5.41, 5.74) is 0.858. The van der Waals surface area contributed by atoms with Crippen molar-refractivity contribution in [3.05, 3.63) is 11.6 Å². The highest BCUT2D eigenvalue weighted by Crippen LogP contribution is 2.66. The normalized spacial score (nSPS) is 50.1. The number of carbonyl (C=O) groups is 2. The van der Waals surface area contributed by atoms with Crippen molar-refractivity contribution in [1.29, 1.82) is 0 Å². The number of fused-ring (bicyclic) bond motifs is 5. The molecule has 4 rings (SSSR count). The molecule has 0 saturated heterocycles. The van der Waals surface area contributed by atoms with Crippen LogP contribution in [0.15, 0.2) is 11.6 Å². The Morgan fingerprint density at radius 2 is 2.04 bits per heavy atom. The lowest BCUT2D eigenvalue weighted by Crippen LogP contribution is -2.55. The zero-order valence-corrected chi connectivity index (χ0v) is 16.2. The van der Waals surface area contributed by atoms with Crippen LogP contribution in [-0.2, 0) is 14.3 Å². The molecule has 0 radical (unpaired) electrons. The van der Waals surface area contributed by atoms with Gasteiger partial charge in [-0.25, -0.2) is 0 Å². The Hall–Kier alpha value is -1.16. The number of hydrogen-bond donors (Lipinski definition) is 1. The van der Waals surface area contributed by atoms with Crippen LogP contribution >= 0.6 is 0 Å². The number of rotatable bonds is 2. The first-order valence-electron chi connectivity index (χ1n) is 10.4. The lowest BCUT2D eigenvalue weighted by Gasteiger charge is -2.59. The topological polar surface area (TPSA) is 63.6 Å². The van der Waals surface area contributed by atoms with E-state index in [1.54, 1.807) is 0 Å². The Balaban J connectivity index is 1.68. The quantitative estimate of drug-likeness (QED) is 0.464. The van der Waals surface area contributed by atoms with Crippen molar-refractivity contribution in [2.75, 3.05) is 0 Å². The minimum atomic E-state index is -0.404. The maximum Gasteiger partial charge on any atom is 0.302 e. The molecule has 0 bridgehead atoms. The molecular weight excluding hydrogens is 328 g/mol. The molecule has 8 atom stereocenters. The molecule has 0 unspecified atom stereocenters. The average Bonchev–Trinajstić information content (AvgIpc) is 2.90. The van der Waals surface area contributed by atoms with Gasteiger partial charge >= 0.3 is 5.97 Å². The maximum atomic E-state index is 12.5. The summed E-state index contributed by atoms with van der Waals surface area (Å²) in [6.45, 7) is 5.97. The fourth-order valence-electron chi connectivity index (χ4n) is 7.45. The molecule has 0 spiro atoms. The zero-order valence-electron chi connectivity index (χ0n) is 16.2. The van der Waals surface area contributed by atoms with Crippen LogP contribution in [0.4, 0.5) is 0 Å². The molecule has 4 heteroatoms. The fourth-order valence-corrected chi connectivity index (χ4v) is 7.45. The molecule has 4 aliphatic rings. The van der Waals surface area contributed by atoms with Crippen molar-refractivity contribution >= 4 is 12.3 Å². The van der Waals surface area contributed by atoms with Gasteiger partial charge in [0.15, 0.2) is 0 Å². The van der Waals surface area contributed by atoms with Crippen LogP contribution in [0.25, 0.3) is 0 Å². The number of allylic oxidation sites excluding steroid dienone is 1. The largest absolute Gasteiger partial charge is 0.462 e. The van der Waals surface area contributed by atoms with Gasteiger partial charge in [-0.3, -0.25) is 4.79 Å². The molecule has 0 aromatic carbocycles. The first-order chi connectivity index (χ1) is 12.3. The van der Waals surface area contributed by atoms with Gasteiger partial charge in [0.05, 0.1) is 11.5 Å². The van der Waals surface area contributed by atoms with Crippen molar-refractivity contribution in [1.82, 2.24) is 0 Å².